The van der Waals surface area contributed by atoms with Crippen molar-refractivity contribution in [3.05, 3.63) is 45.4 Å². The number of halogens is 1. The van der Waals surface area contributed by atoms with Crippen molar-refractivity contribution in [2.45, 2.75) is 6.61 Å². The first-order chi connectivity index (χ1) is 8.16. The van der Waals surface area contributed by atoms with E-state index in [1.54, 1.807) is 24.3 Å². The Kier molecular flexibility index (Phi) is 3.61. The van der Waals surface area contributed by atoms with Crippen LogP contribution in [0, 0.1) is 0 Å². The van der Waals surface area contributed by atoms with Crippen LogP contribution in [0.2, 0.25) is 5.02 Å². The molecule has 0 spiro atoms. The van der Waals surface area contributed by atoms with Gasteiger partial charge in [-0.2, -0.15) is 0 Å². The third-order valence-corrected chi connectivity index (χ3v) is 3.13. The van der Waals surface area contributed by atoms with Crippen LogP contribution < -0.4 is 4.74 Å². The third-order valence-electron chi connectivity index (χ3n) is 2.02. The number of hydrogen-bond donors (Lipinski definition) is 1. The first-order valence-electron chi connectivity index (χ1n) is 4.71. The molecular weight excluding hydrogens is 262 g/mol. The number of aromatic carboxylic acids is 1. The summed E-state index contributed by atoms with van der Waals surface area (Å²) >= 11 is 6.82. The van der Waals surface area contributed by atoms with E-state index in [0.717, 1.165) is 11.3 Å². The molecule has 0 fully saturated rings. The summed E-state index contributed by atoms with van der Waals surface area (Å²) in [5, 5.41) is 9.51. The van der Waals surface area contributed by atoms with E-state index < -0.39 is 5.97 Å². The summed E-state index contributed by atoms with van der Waals surface area (Å²) < 4.78 is 5.42. The highest BCUT2D eigenvalue weighted by Gasteiger charge is 2.13. The number of hydrogen-bond acceptors (Lipinski definition) is 4. The highest BCUT2D eigenvalue weighted by Crippen LogP contribution is 2.19. The monoisotopic (exact) mass is 269 g/mol. The number of rotatable bonds is 4. The lowest BCUT2D eigenvalue weighted by molar-refractivity contribution is 0.0699. The maximum absolute atomic E-state index is 10.8. The molecule has 0 amide bonds. The standard InChI is InChI=1S/C11H8ClNO3S/c12-7-1-3-8(4-2-7)16-5-9-10(11(14)15)17-6-13-9/h1-4,6H,5H2,(H,14,15). The van der Waals surface area contributed by atoms with Gasteiger partial charge in [0.05, 0.1) is 5.51 Å². The normalized spacial score (nSPS) is 10.2. The molecule has 4 nitrogen and oxygen atoms in total. The Balaban J connectivity index is 2.05. The minimum absolute atomic E-state index is 0.132. The zero-order chi connectivity index (χ0) is 12.3. The molecule has 88 valence electrons. The molecule has 1 aromatic heterocycles. The van der Waals surface area contributed by atoms with Crippen molar-refractivity contribution in [1.29, 1.82) is 0 Å². The molecule has 0 atom stereocenters. The maximum atomic E-state index is 10.8. The summed E-state index contributed by atoms with van der Waals surface area (Å²) in [6.07, 6.45) is 0. The minimum Gasteiger partial charge on any atom is -0.487 e. The summed E-state index contributed by atoms with van der Waals surface area (Å²) in [6.45, 7) is 0.132. The van der Waals surface area contributed by atoms with E-state index in [0.29, 0.717) is 16.5 Å². The van der Waals surface area contributed by atoms with Crippen molar-refractivity contribution in [3.8, 4) is 5.75 Å². The topological polar surface area (TPSA) is 59.4 Å². The van der Waals surface area contributed by atoms with Crippen LogP contribution in [0.3, 0.4) is 0 Å². The Morgan fingerprint density at radius 2 is 2.12 bits per heavy atom. The van der Waals surface area contributed by atoms with Gasteiger partial charge >= 0.3 is 5.97 Å². The smallest absolute Gasteiger partial charge is 0.347 e. The van der Waals surface area contributed by atoms with Gasteiger partial charge in [-0.05, 0) is 24.3 Å². The number of carboxylic acids is 1. The predicted octanol–water partition coefficient (Wildman–Crippen LogP) is 3.07. The second kappa shape index (κ2) is 5.16. The fraction of sp³-hybridized carbons (Fsp3) is 0.0909. The van der Waals surface area contributed by atoms with Gasteiger partial charge in [0.25, 0.3) is 0 Å². The summed E-state index contributed by atoms with van der Waals surface area (Å²) in [7, 11) is 0. The van der Waals surface area contributed by atoms with E-state index in [1.807, 2.05) is 0 Å². The largest absolute Gasteiger partial charge is 0.487 e. The van der Waals surface area contributed by atoms with Crippen molar-refractivity contribution in [2.75, 3.05) is 0 Å². The van der Waals surface area contributed by atoms with Gasteiger partial charge in [-0.25, -0.2) is 9.78 Å². The van der Waals surface area contributed by atoms with Gasteiger partial charge < -0.3 is 9.84 Å². The van der Waals surface area contributed by atoms with E-state index in [-0.39, 0.29) is 11.5 Å². The quantitative estimate of drug-likeness (QED) is 0.927. The van der Waals surface area contributed by atoms with Gasteiger partial charge in [0.1, 0.15) is 22.9 Å². The highest BCUT2D eigenvalue weighted by molar-refractivity contribution is 7.11. The lowest BCUT2D eigenvalue weighted by atomic mass is 10.3. The Morgan fingerprint density at radius 1 is 1.41 bits per heavy atom. The van der Waals surface area contributed by atoms with Crippen LogP contribution in [0.15, 0.2) is 29.8 Å². The number of benzene rings is 1. The summed E-state index contributed by atoms with van der Waals surface area (Å²) in [6, 6.07) is 6.84. The number of aromatic nitrogens is 1. The van der Waals surface area contributed by atoms with Crippen LogP contribution in [-0.4, -0.2) is 16.1 Å². The molecule has 1 aromatic carbocycles. The van der Waals surface area contributed by atoms with Crippen LogP contribution in [0.5, 0.6) is 5.75 Å². The van der Waals surface area contributed by atoms with Gasteiger partial charge in [-0.15, -0.1) is 11.3 Å². The zero-order valence-electron chi connectivity index (χ0n) is 8.59. The van der Waals surface area contributed by atoms with Crippen LogP contribution in [0.1, 0.15) is 15.4 Å². The molecule has 2 rings (SSSR count). The Labute approximate surface area is 106 Å². The van der Waals surface area contributed by atoms with Crippen molar-refractivity contribution in [3.63, 3.8) is 0 Å². The Morgan fingerprint density at radius 3 is 2.76 bits per heavy atom. The van der Waals surface area contributed by atoms with Gasteiger partial charge in [-0.1, -0.05) is 11.6 Å². The minimum atomic E-state index is -0.984. The lowest BCUT2D eigenvalue weighted by Gasteiger charge is -2.04. The molecule has 6 heteroatoms. The highest BCUT2D eigenvalue weighted by atomic mass is 35.5. The molecule has 2 aromatic rings. The van der Waals surface area contributed by atoms with Crippen LogP contribution in [0.25, 0.3) is 0 Å². The van der Waals surface area contributed by atoms with E-state index in [9.17, 15) is 4.79 Å². The van der Waals surface area contributed by atoms with Gasteiger partial charge in [0, 0.05) is 5.02 Å². The first-order valence-corrected chi connectivity index (χ1v) is 5.96. The lowest BCUT2D eigenvalue weighted by Crippen LogP contribution is -2.03. The second-order valence-corrected chi connectivity index (χ2v) is 4.47. The number of carboxylic acid groups (broad SMARTS) is 1. The maximum Gasteiger partial charge on any atom is 0.347 e. The average molecular weight is 270 g/mol. The van der Waals surface area contributed by atoms with Gasteiger partial charge in [0.15, 0.2) is 0 Å². The number of nitrogens with zero attached hydrogens (tertiary/aromatic N) is 1. The summed E-state index contributed by atoms with van der Waals surface area (Å²) in [4.78, 5) is 15.0. The molecule has 0 aliphatic heterocycles. The van der Waals surface area contributed by atoms with Gasteiger partial charge in [-0.3, -0.25) is 0 Å². The van der Waals surface area contributed by atoms with Gasteiger partial charge in [0.2, 0.25) is 0 Å². The van der Waals surface area contributed by atoms with Crippen molar-refractivity contribution in [1.82, 2.24) is 4.98 Å². The van der Waals surface area contributed by atoms with E-state index in [4.69, 9.17) is 21.4 Å². The van der Waals surface area contributed by atoms with Crippen LogP contribution in [-0.2, 0) is 6.61 Å². The summed E-state index contributed by atoms with van der Waals surface area (Å²) in [5.41, 5.74) is 1.92. The van der Waals surface area contributed by atoms with Crippen molar-refractivity contribution in [2.24, 2.45) is 0 Å². The number of ether oxygens (including phenoxy) is 1. The van der Waals surface area contributed by atoms with Crippen LogP contribution >= 0.6 is 22.9 Å². The van der Waals surface area contributed by atoms with Crippen molar-refractivity contribution < 1.29 is 14.6 Å². The molecule has 1 heterocycles. The molecule has 0 saturated heterocycles. The Hall–Kier alpha value is -1.59. The fourth-order valence-corrected chi connectivity index (χ4v) is 1.99. The predicted molar refractivity (Wildman–Crippen MR) is 64.9 cm³/mol. The molecule has 1 N–H and O–H groups in total. The SMILES string of the molecule is O=C(O)c1scnc1COc1ccc(Cl)cc1. The molecule has 0 unspecified atom stereocenters. The van der Waals surface area contributed by atoms with E-state index in [1.165, 1.54) is 5.51 Å². The molecule has 0 bridgehead atoms. The summed E-state index contributed by atoms with van der Waals surface area (Å²) in [5.74, 6) is -0.360. The average Bonchev–Trinajstić information content (AvgIpc) is 2.76. The first kappa shape index (κ1) is 11.9. The third kappa shape index (κ3) is 2.95. The molecule has 0 aliphatic carbocycles. The molecule has 0 saturated carbocycles. The van der Waals surface area contributed by atoms with E-state index in [2.05, 4.69) is 4.98 Å². The number of thiazole rings is 1. The molecule has 17 heavy (non-hydrogen) atoms. The van der Waals surface area contributed by atoms with E-state index >= 15 is 0 Å². The zero-order valence-corrected chi connectivity index (χ0v) is 10.2. The molecular formula is C11H8ClNO3S. The molecule has 0 aliphatic rings. The fourth-order valence-electron chi connectivity index (χ4n) is 1.23. The van der Waals surface area contributed by atoms with Crippen LogP contribution in [0.4, 0.5) is 0 Å². The van der Waals surface area contributed by atoms with Crippen molar-refractivity contribution >= 4 is 28.9 Å². The second-order valence-electron chi connectivity index (χ2n) is 3.18. The number of carbonyl (C=O) groups is 1. The Bertz CT molecular complexity index is 524. The molecule has 0 radical (unpaired) electrons.